The summed E-state index contributed by atoms with van der Waals surface area (Å²) in [6.45, 7) is 0. The zero-order valence-electron chi connectivity index (χ0n) is 37.0. The number of hydrogen-bond acceptors (Lipinski definition) is 0. The topological polar surface area (TPSA) is 9.86 Å². The predicted octanol–water partition coefficient (Wildman–Crippen LogP) is 11.2. The number of benzene rings is 7. The van der Waals surface area contributed by atoms with Crippen LogP contribution in [0.25, 0.3) is 77.2 Å². The Morgan fingerprint density at radius 3 is 1.45 bits per heavy atom. The van der Waals surface area contributed by atoms with Gasteiger partial charge in [0.1, 0.15) is 0 Å². The zero-order chi connectivity index (χ0) is 41.2. The molecule has 44 heavy (non-hydrogen) atoms. The highest BCUT2D eigenvalue weighted by Crippen LogP contribution is 2.38. The van der Waals surface area contributed by atoms with E-state index in [0.717, 1.165) is 11.1 Å². The molecule has 0 radical (unpaired) electrons. The molecule has 2 nitrogen and oxygen atoms in total. The molecule has 0 aliphatic heterocycles. The molecule has 0 spiro atoms. The van der Waals surface area contributed by atoms with Crippen LogP contribution in [0, 0.1) is 0 Å². The van der Waals surface area contributed by atoms with E-state index in [2.05, 4.69) is 0 Å². The summed E-state index contributed by atoms with van der Waals surface area (Å²) >= 11 is 0. The smallest absolute Gasteiger partial charge is 0.0645 e. The first kappa shape index (κ1) is 14.5. The number of rotatable bonds is 4. The van der Waals surface area contributed by atoms with Crippen LogP contribution in [0.15, 0.2) is 170 Å². The second-order valence-electron chi connectivity index (χ2n) is 10.3. The fourth-order valence-corrected chi connectivity index (χ4v) is 5.83. The average Bonchev–Trinajstić information content (AvgIpc) is 3.79. The van der Waals surface area contributed by atoms with Gasteiger partial charge >= 0.3 is 0 Å². The summed E-state index contributed by atoms with van der Waals surface area (Å²) in [6.07, 6.45) is 0. The molecule has 0 atom stereocenters. The molecule has 2 heterocycles. The van der Waals surface area contributed by atoms with Gasteiger partial charge in [0.25, 0.3) is 0 Å². The zero-order valence-corrected chi connectivity index (χ0v) is 23.0. The molecular formula is C42H28N2. The van der Waals surface area contributed by atoms with Crippen LogP contribution < -0.4 is 0 Å². The maximum absolute atomic E-state index is 9.73. The Morgan fingerprint density at radius 2 is 0.841 bits per heavy atom. The van der Waals surface area contributed by atoms with E-state index < -0.39 is 95.7 Å². The summed E-state index contributed by atoms with van der Waals surface area (Å²) in [5.74, 6) is 0. The van der Waals surface area contributed by atoms with Crippen LogP contribution >= 0.6 is 0 Å². The molecular weight excluding hydrogens is 532 g/mol. The Hall–Kier alpha value is -5.86. The highest BCUT2D eigenvalue weighted by molar-refractivity contribution is 6.12. The van der Waals surface area contributed by atoms with Gasteiger partial charge in [-0.25, -0.2) is 0 Å². The van der Waals surface area contributed by atoms with E-state index in [1.807, 2.05) is 36.4 Å². The minimum atomic E-state index is -0.606. The van der Waals surface area contributed by atoms with E-state index >= 15 is 0 Å². The molecule has 0 saturated heterocycles. The van der Waals surface area contributed by atoms with E-state index in [1.165, 1.54) is 9.13 Å². The van der Waals surface area contributed by atoms with Crippen molar-refractivity contribution in [1.82, 2.24) is 9.13 Å². The molecule has 9 aromatic rings. The van der Waals surface area contributed by atoms with Crippen LogP contribution in [-0.2, 0) is 0 Å². The third-order valence-electron chi connectivity index (χ3n) is 7.79. The number of hydrogen-bond donors (Lipinski definition) is 0. The van der Waals surface area contributed by atoms with Gasteiger partial charge in [-0.3, -0.25) is 0 Å². The molecule has 0 bridgehead atoms. The summed E-state index contributed by atoms with van der Waals surface area (Å²) < 4.78 is 130. The monoisotopic (exact) mass is 574 g/mol. The van der Waals surface area contributed by atoms with Gasteiger partial charge in [0.15, 0.2) is 0 Å². The molecule has 0 saturated carbocycles. The van der Waals surface area contributed by atoms with Crippen LogP contribution in [0.2, 0.25) is 0 Å². The van der Waals surface area contributed by atoms with Crippen molar-refractivity contribution in [2.24, 2.45) is 0 Å². The fraction of sp³-hybridized carbons (Fsp3) is 0. The Morgan fingerprint density at radius 1 is 0.364 bits per heavy atom. The molecule has 0 fully saturated rings. The summed E-state index contributed by atoms with van der Waals surface area (Å²) in [5.41, 5.74) is 1.41. The van der Waals surface area contributed by atoms with Gasteiger partial charge in [-0.15, -0.1) is 0 Å². The fourth-order valence-electron chi connectivity index (χ4n) is 5.83. The number of fused-ring (bicyclic) bond motifs is 6. The highest BCUT2D eigenvalue weighted by atomic mass is 15.0. The van der Waals surface area contributed by atoms with Crippen molar-refractivity contribution in [2.75, 3.05) is 0 Å². The first-order valence-corrected chi connectivity index (χ1v) is 14.0. The second kappa shape index (κ2) is 9.86. The van der Waals surface area contributed by atoms with Crippen molar-refractivity contribution < 1.29 is 19.2 Å². The van der Waals surface area contributed by atoms with E-state index in [9.17, 15) is 8.22 Å². The van der Waals surface area contributed by atoms with Crippen LogP contribution in [0.4, 0.5) is 0 Å². The highest BCUT2D eigenvalue weighted by Gasteiger charge is 2.16. The summed E-state index contributed by atoms with van der Waals surface area (Å²) in [4.78, 5) is 0. The molecule has 2 aromatic heterocycles. The van der Waals surface area contributed by atoms with E-state index in [-0.39, 0.29) is 43.6 Å². The van der Waals surface area contributed by atoms with Crippen molar-refractivity contribution in [3.8, 4) is 33.6 Å². The maximum atomic E-state index is 9.73. The molecule has 0 N–H and O–H groups in total. The first-order valence-electron chi connectivity index (χ1n) is 21.0. The van der Waals surface area contributed by atoms with Crippen molar-refractivity contribution in [3.05, 3.63) is 170 Å². The van der Waals surface area contributed by atoms with Gasteiger partial charge in [0, 0.05) is 32.9 Å². The third-order valence-corrected chi connectivity index (χ3v) is 7.79. The van der Waals surface area contributed by atoms with E-state index in [0.29, 0.717) is 11.4 Å². The minimum absolute atomic E-state index is 0.0311. The van der Waals surface area contributed by atoms with Crippen molar-refractivity contribution in [2.45, 2.75) is 0 Å². The largest absolute Gasteiger partial charge is 0.309 e. The lowest BCUT2D eigenvalue weighted by Gasteiger charge is -2.11. The number of aromatic nitrogens is 2. The van der Waals surface area contributed by atoms with Gasteiger partial charge in [0.05, 0.1) is 41.3 Å². The molecule has 0 aliphatic carbocycles. The minimum Gasteiger partial charge on any atom is -0.309 e. The predicted molar refractivity (Wildman–Crippen MR) is 186 cm³/mol. The Bertz CT molecular complexity index is 3260. The summed E-state index contributed by atoms with van der Waals surface area (Å²) in [5, 5.41) is -0.443. The molecule has 0 unspecified atom stereocenters. The summed E-state index contributed by atoms with van der Waals surface area (Å²) in [6, 6.07) is 17.7. The quantitative estimate of drug-likeness (QED) is 0.198. The lowest BCUT2D eigenvalue weighted by Crippen LogP contribution is -1.94. The third kappa shape index (κ3) is 3.82. The van der Waals surface area contributed by atoms with Crippen LogP contribution in [-0.4, -0.2) is 9.13 Å². The molecule has 206 valence electrons. The van der Waals surface area contributed by atoms with Crippen molar-refractivity contribution in [3.63, 3.8) is 0 Å². The maximum Gasteiger partial charge on any atom is 0.0645 e. The van der Waals surface area contributed by atoms with Crippen molar-refractivity contribution in [1.29, 1.82) is 0 Å². The van der Waals surface area contributed by atoms with Gasteiger partial charge in [-0.05, 0) is 82.8 Å². The SMILES string of the molecule is [2H]c1c([2H])c([2H])c2c(c1[2H])c1c([2H])c(-c3c([2H])c([2H])c4c(c3[2H])c3c([2H])c([2H])c([2H])c([2H])c3n4-c3cccc(-c4ccccc4)c3)c([2H])c([2H])c1n2-c1ccccc1. The van der Waals surface area contributed by atoms with Crippen LogP contribution in [0.3, 0.4) is 0 Å². The second-order valence-corrected chi connectivity index (χ2v) is 10.3. The van der Waals surface area contributed by atoms with Crippen molar-refractivity contribution >= 4 is 43.6 Å². The first-order chi connectivity index (χ1) is 27.7. The number of para-hydroxylation sites is 3. The van der Waals surface area contributed by atoms with Crippen LogP contribution in [0.1, 0.15) is 19.2 Å². The number of nitrogens with zero attached hydrogens (tertiary/aromatic N) is 2. The van der Waals surface area contributed by atoms with Gasteiger partial charge in [-0.2, -0.15) is 0 Å². The standard InChI is InChI=1S/C42H28N2/c1-3-12-29(13-4-1)30-14-11-17-34(26-30)44-40-21-10-8-19-36(40)38-28-32(23-25-42(38)44)31-22-24-41-37(27-31)35-18-7-9-20-39(35)43(41)33-15-5-2-6-16-33/h1-28H/i7D,8D,9D,10D,18D,19D,20D,21D,22D,23D,24D,25D,27D,28D. The molecule has 2 heteroatoms. The summed E-state index contributed by atoms with van der Waals surface area (Å²) in [7, 11) is 0. The van der Waals surface area contributed by atoms with Gasteiger partial charge in [0.2, 0.25) is 0 Å². The van der Waals surface area contributed by atoms with E-state index in [1.54, 1.807) is 48.5 Å². The van der Waals surface area contributed by atoms with Gasteiger partial charge < -0.3 is 9.13 Å². The average molecular weight is 575 g/mol. The van der Waals surface area contributed by atoms with E-state index in [4.69, 9.17) is 11.0 Å². The molecule has 9 rings (SSSR count). The Balaban J connectivity index is 1.47. The molecule has 0 aliphatic rings. The Labute approximate surface area is 275 Å². The van der Waals surface area contributed by atoms with Gasteiger partial charge in [-0.1, -0.05) is 109 Å². The molecule has 7 aromatic carbocycles. The lowest BCUT2D eigenvalue weighted by molar-refractivity contribution is 1.18. The Kier molecular flexibility index (Phi) is 3.26. The van der Waals surface area contributed by atoms with Crippen LogP contribution in [0.5, 0.6) is 0 Å². The molecule has 0 amide bonds. The normalized spacial score (nSPS) is 16.1. The lowest BCUT2D eigenvalue weighted by atomic mass is 10.0.